The second kappa shape index (κ2) is 10.2. The van der Waals surface area contributed by atoms with Gasteiger partial charge in [-0.15, -0.1) is 0 Å². The number of fused-ring (bicyclic) bond motifs is 1. The molecule has 4 N–H and O–H groups in total. The Morgan fingerprint density at radius 2 is 1.94 bits per heavy atom. The lowest BCUT2D eigenvalue weighted by Crippen LogP contribution is -2.21. The highest BCUT2D eigenvalue weighted by Gasteiger charge is 2.20. The summed E-state index contributed by atoms with van der Waals surface area (Å²) in [5, 5.41) is 21.3. The molecule has 0 fully saturated rings. The minimum absolute atomic E-state index is 0.103. The molecule has 176 valence electrons. The molecule has 0 unspecified atom stereocenters. The molecule has 0 saturated carbocycles. The molecule has 4 aromatic rings. The van der Waals surface area contributed by atoms with E-state index in [0.717, 1.165) is 0 Å². The van der Waals surface area contributed by atoms with Gasteiger partial charge in [-0.3, -0.25) is 4.79 Å². The predicted molar refractivity (Wildman–Crippen MR) is 124 cm³/mol. The van der Waals surface area contributed by atoms with Crippen LogP contribution in [0, 0.1) is 0 Å². The first-order chi connectivity index (χ1) is 16.4. The number of carbonyl (C=O) groups excluding carboxylic acids is 1. The molecule has 1 aromatic heterocycles. The second-order valence-electron chi connectivity index (χ2n) is 7.45. The first-order valence-electron chi connectivity index (χ1n) is 10.3. The topological polar surface area (TPSA) is 107 Å². The van der Waals surface area contributed by atoms with Crippen molar-refractivity contribution < 1.29 is 28.5 Å². The molecular weight excluding hydrogens is 468 g/mol. The van der Waals surface area contributed by atoms with Gasteiger partial charge in [-0.1, -0.05) is 23.7 Å². The van der Waals surface area contributed by atoms with E-state index < -0.39 is 25.0 Å². The monoisotopic (exact) mass is 487 g/mol. The number of amides is 1. The van der Waals surface area contributed by atoms with E-state index in [0.29, 0.717) is 22.5 Å². The van der Waals surface area contributed by atoms with Gasteiger partial charge in [-0.05, 0) is 42.5 Å². The number of hydrogen-bond donors (Lipinski definition) is 4. The fourth-order valence-corrected chi connectivity index (χ4v) is 3.56. The van der Waals surface area contributed by atoms with E-state index in [1.165, 1.54) is 18.2 Å². The molecule has 1 heterocycles. The van der Waals surface area contributed by atoms with Gasteiger partial charge in [0.15, 0.2) is 0 Å². The van der Waals surface area contributed by atoms with E-state index in [2.05, 4.69) is 15.3 Å². The van der Waals surface area contributed by atoms with E-state index in [-0.39, 0.29) is 34.1 Å². The van der Waals surface area contributed by atoms with E-state index >= 15 is 0 Å². The summed E-state index contributed by atoms with van der Waals surface area (Å²) >= 11 is 5.88. The number of anilines is 1. The van der Waals surface area contributed by atoms with Crippen LogP contribution in [0.4, 0.5) is 14.5 Å². The van der Waals surface area contributed by atoms with Crippen LogP contribution < -0.4 is 10.1 Å². The zero-order valence-corrected chi connectivity index (χ0v) is 18.4. The summed E-state index contributed by atoms with van der Waals surface area (Å²) in [6, 6.07) is 15.6. The number of carbonyl (C=O) groups is 1. The summed E-state index contributed by atoms with van der Waals surface area (Å²) < 4.78 is 32.5. The number of aromatic amines is 1. The first-order valence-corrected chi connectivity index (χ1v) is 10.6. The van der Waals surface area contributed by atoms with E-state index in [1.54, 1.807) is 42.5 Å². The number of aromatic nitrogens is 2. The van der Waals surface area contributed by atoms with Gasteiger partial charge in [-0.25, -0.2) is 13.8 Å². The third kappa shape index (κ3) is 5.17. The summed E-state index contributed by atoms with van der Waals surface area (Å²) in [4.78, 5) is 20.4. The number of hydrogen-bond acceptors (Lipinski definition) is 5. The van der Waals surface area contributed by atoms with Crippen molar-refractivity contribution in [3.8, 4) is 17.1 Å². The first kappa shape index (κ1) is 23.6. The van der Waals surface area contributed by atoms with Gasteiger partial charge in [0.1, 0.15) is 29.8 Å². The van der Waals surface area contributed by atoms with Gasteiger partial charge in [0, 0.05) is 27.9 Å². The number of aliphatic hydroxyl groups excluding tert-OH is 2. The zero-order chi connectivity index (χ0) is 24.2. The highest BCUT2D eigenvalue weighted by molar-refractivity contribution is 6.30. The number of imidazole rings is 1. The van der Waals surface area contributed by atoms with Crippen molar-refractivity contribution in [2.45, 2.75) is 12.5 Å². The average molecular weight is 488 g/mol. The van der Waals surface area contributed by atoms with Crippen molar-refractivity contribution in [2.24, 2.45) is 0 Å². The zero-order valence-electron chi connectivity index (χ0n) is 17.6. The Labute approximate surface area is 198 Å². The molecule has 1 amide bonds. The van der Waals surface area contributed by atoms with Crippen molar-refractivity contribution in [1.29, 1.82) is 0 Å². The fourth-order valence-electron chi connectivity index (χ4n) is 3.38. The van der Waals surface area contributed by atoms with E-state index in [4.69, 9.17) is 21.4 Å². The van der Waals surface area contributed by atoms with Crippen LogP contribution in [0.1, 0.15) is 22.3 Å². The number of para-hydroxylation sites is 1. The van der Waals surface area contributed by atoms with Crippen LogP contribution in [0.25, 0.3) is 22.4 Å². The molecule has 0 saturated heterocycles. The summed E-state index contributed by atoms with van der Waals surface area (Å²) in [6.45, 7) is -0.532. The van der Waals surface area contributed by atoms with Crippen LogP contribution in [-0.2, 0) is 0 Å². The number of ether oxygens (including phenoxy) is 1. The molecule has 10 heteroatoms. The van der Waals surface area contributed by atoms with Crippen molar-refractivity contribution >= 4 is 34.2 Å². The average Bonchev–Trinajstić information content (AvgIpc) is 3.26. The van der Waals surface area contributed by atoms with E-state index in [9.17, 15) is 18.7 Å². The largest absolute Gasteiger partial charge is 0.491 e. The Morgan fingerprint density at radius 1 is 1.15 bits per heavy atom. The fraction of sp³-hybridized carbons (Fsp3) is 0.167. The second-order valence-corrected chi connectivity index (χ2v) is 7.89. The summed E-state index contributed by atoms with van der Waals surface area (Å²) in [7, 11) is 0. The molecule has 7 nitrogen and oxygen atoms in total. The minimum Gasteiger partial charge on any atom is -0.491 e. The van der Waals surface area contributed by atoms with Gasteiger partial charge in [0.2, 0.25) is 0 Å². The molecule has 0 bridgehead atoms. The number of halogens is 3. The van der Waals surface area contributed by atoms with Crippen LogP contribution >= 0.6 is 11.6 Å². The quantitative estimate of drug-likeness (QED) is 0.285. The lowest BCUT2D eigenvalue weighted by molar-refractivity contribution is 0.0536. The van der Waals surface area contributed by atoms with Gasteiger partial charge in [0.05, 0.1) is 17.7 Å². The number of nitrogens with one attached hydrogen (secondary N) is 2. The number of benzene rings is 3. The van der Waals surface area contributed by atoms with Crippen molar-refractivity contribution in [2.75, 3.05) is 18.5 Å². The third-order valence-electron chi connectivity index (χ3n) is 5.01. The normalized spacial score (nSPS) is 12.2. The number of alkyl halides is 2. The maximum absolute atomic E-state index is 13.5. The Balaban J connectivity index is 1.61. The summed E-state index contributed by atoms with van der Waals surface area (Å²) in [6.07, 6.45) is -3.77. The highest BCUT2D eigenvalue weighted by Crippen LogP contribution is 2.33. The predicted octanol–water partition coefficient (Wildman–Crippen LogP) is 4.81. The lowest BCUT2D eigenvalue weighted by Gasteiger charge is -2.11. The molecule has 0 aliphatic carbocycles. The van der Waals surface area contributed by atoms with Crippen LogP contribution in [0.5, 0.6) is 5.75 Å². The summed E-state index contributed by atoms with van der Waals surface area (Å²) in [5.74, 6) is 0.134. The van der Waals surface area contributed by atoms with Crippen LogP contribution in [-0.4, -0.2) is 45.4 Å². The highest BCUT2D eigenvalue weighted by atomic mass is 35.5. The number of nitrogens with zero attached hydrogens (tertiary/aromatic N) is 1. The van der Waals surface area contributed by atoms with Crippen molar-refractivity contribution in [3.05, 3.63) is 76.8 Å². The molecule has 0 aliphatic rings. The molecule has 1 atom stereocenters. The Kier molecular flexibility index (Phi) is 7.06. The maximum atomic E-state index is 13.5. The molecule has 3 aromatic carbocycles. The molecular formula is C24H20ClF2N3O4. The van der Waals surface area contributed by atoms with Crippen molar-refractivity contribution in [1.82, 2.24) is 9.97 Å². The standard InChI is InChI=1S/C24H20ClF2N3O4/c25-13-7-8-17(19(9-13)22(26)27)23-29-20-6-2-5-18(21(20)30-23)24(33)28-14-3-1-4-16(10-14)34-12-15(32)11-31/h1-10,15,22,31-32H,11-12H2,(H,28,33)(H,29,30)/t15-/m0/s1. The van der Waals surface area contributed by atoms with Gasteiger partial charge in [-0.2, -0.15) is 0 Å². The number of H-pyrrole nitrogens is 1. The number of aliphatic hydroxyl groups is 2. The van der Waals surface area contributed by atoms with Gasteiger partial charge >= 0.3 is 0 Å². The van der Waals surface area contributed by atoms with Crippen LogP contribution in [0.2, 0.25) is 5.02 Å². The lowest BCUT2D eigenvalue weighted by atomic mass is 10.1. The molecule has 34 heavy (non-hydrogen) atoms. The molecule has 0 radical (unpaired) electrons. The number of rotatable bonds is 8. The third-order valence-corrected chi connectivity index (χ3v) is 5.24. The Bertz CT molecular complexity index is 1330. The molecule has 0 spiro atoms. The maximum Gasteiger partial charge on any atom is 0.264 e. The SMILES string of the molecule is O=C(Nc1cccc(OC[C@@H](O)CO)c1)c1cccc2[nH]c(-c3ccc(Cl)cc3C(F)F)nc12. The Hall–Kier alpha value is -3.53. The smallest absolute Gasteiger partial charge is 0.264 e. The van der Waals surface area contributed by atoms with Gasteiger partial charge in [0.25, 0.3) is 12.3 Å². The van der Waals surface area contributed by atoms with Crippen molar-refractivity contribution in [3.63, 3.8) is 0 Å². The minimum atomic E-state index is -2.75. The van der Waals surface area contributed by atoms with Gasteiger partial charge < -0.3 is 25.3 Å². The molecule has 0 aliphatic heterocycles. The van der Waals surface area contributed by atoms with E-state index in [1.807, 2.05) is 0 Å². The molecule has 4 rings (SSSR count). The van der Waals surface area contributed by atoms with Crippen LogP contribution in [0.15, 0.2) is 60.7 Å². The Morgan fingerprint density at radius 3 is 2.71 bits per heavy atom. The van der Waals surface area contributed by atoms with Crippen LogP contribution in [0.3, 0.4) is 0 Å². The summed E-state index contributed by atoms with van der Waals surface area (Å²) in [5.41, 5.74) is 1.44.